The molecule has 72 valence electrons. The summed E-state index contributed by atoms with van der Waals surface area (Å²) in [6.07, 6.45) is 2.55. The molecule has 4 heteroatoms. The SMILES string of the molecule is Nc1ccc(N)c(Cc2nccs2)c1. The standard InChI is InChI=1S/C10H11N3S/c11-8-1-2-9(12)7(5-8)6-10-13-3-4-14-10/h1-5H,6,11-12H2. The Labute approximate surface area is 86.4 Å². The van der Waals surface area contributed by atoms with Crippen molar-refractivity contribution in [3.05, 3.63) is 40.3 Å². The van der Waals surface area contributed by atoms with Gasteiger partial charge in [-0.2, -0.15) is 0 Å². The quantitative estimate of drug-likeness (QED) is 0.736. The van der Waals surface area contributed by atoms with E-state index in [0.29, 0.717) is 0 Å². The van der Waals surface area contributed by atoms with Crippen LogP contribution < -0.4 is 11.5 Å². The lowest BCUT2D eigenvalue weighted by Crippen LogP contribution is -1.97. The molecule has 0 unspecified atom stereocenters. The van der Waals surface area contributed by atoms with Crippen molar-refractivity contribution in [1.82, 2.24) is 4.98 Å². The Balaban J connectivity index is 2.28. The number of hydrogen-bond donors (Lipinski definition) is 2. The van der Waals surface area contributed by atoms with Crippen molar-refractivity contribution in [1.29, 1.82) is 0 Å². The summed E-state index contributed by atoms with van der Waals surface area (Å²) in [4.78, 5) is 4.20. The molecule has 0 bridgehead atoms. The Morgan fingerprint density at radius 3 is 2.86 bits per heavy atom. The molecule has 3 nitrogen and oxygen atoms in total. The minimum Gasteiger partial charge on any atom is -0.399 e. The number of benzene rings is 1. The van der Waals surface area contributed by atoms with Gasteiger partial charge in [-0.05, 0) is 23.8 Å². The van der Waals surface area contributed by atoms with Crippen molar-refractivity contribution < 1.29 is 0 Å². The highest BCUT2D eigenvalue weighted by molar-refractivity contribution is 7.09. The number of nitrogens with two attached hydrogens (primary N) is 2. The molecule has 0 spiro atoms. The maximum Gasteiger partial charge on any atom is 0.0969 e. The van der Waals surface area contributed by atoms with E-state index in [-0.39, 0.29) is 0 Å². The summed E-state index contributed by atoms with van der Waals surface area (Å²) >= 11 is 1.62. The third-order valence-corrected chi connectivity index (χ3v) is 2.77. The zero-order valence-electron chi connectivity index (χ0n) is 7.60. The lowest BCUT2D eigenvalue weighted by molar-refractivity contribution is 1.14. The second kappa shape index (κ2) is 3.67. The van der Waals surface area contributed by atoms with Crippen molar-refractivity contribution in [2.75, 3.05) is 11.5 Å². The van der Waals surface area contributed by atoms with Crippen LogP contribution in [0.4, 0.5) is 11.4 Å². The van der Waals surface area contributed by atoms with Gasteiger partial charge in [0.15, 0.2) is 0 Å². The number of thiazole rings is 1. The van der Waals surface area contributed by atoms with Crippen LogP contribution in [0.15, 0.2) is 29.8 Å². The first kappa shape index (κ1) is 9.02. The van der Waals surface area contributed by atoms with Crippen molar-refractivity contribution in [2.45, 2.75) is 6.42 Å². The molecule has 1 aromatic carbocycles. The minimum atomic E-state index is 0.741. The number of nitrogens with zero attached hydrogens (tertiary/aromatic N) is 1. The van der Waals surface area contributed by atoms with Crippen molar-refractivity contribution in [3.8, 4) is 0 Å². The van der Waals surface area contributed by atoms with Crippen LogP contribution >= 0.6 is 11.3 Å². The highest BCUT2D eigenvalue weighted by Gasteiger charge is 2.02. The van der Waals surface area contributed by atoms with Crippen LogP contribution in [0.3, 0.4) is 0 Å². The predicted octanol–water partition coefficient (Wildman–Crippen LogP) is 1.90. The first-order chi connectivity index (χ1) is 6.75. The van der Waals surface area contributed by atoms with Gasteiger partial charge in [-0.15, -0.1) is 11.3 Å². The van der Waals surface area contributed by atoms with Gasteiger partial charge in [-0.3, -0.25) is 0 Å². The van der Waals surface area contributed by atoms with Crippen LogP contribution in [-0.4, -0.2) is 4.98 Å². The summed E-state index contributed by atoms with van der Waals surface area (Å²) in [5.74, 6) is 0. The highest BCUT2D eigenvalue weighted by Crippen LogP contribution is 2.20. The first-order valence-corrected chi connectivity index (χ1v) is 5.16. The highest BCUT2D eigenvalue weighted by atomic mass is 32.1. The fraction of sp³-hybridized carbons (Fsp3) is 0.100. The fourth-order valence-corrected chi connectivity index (χ4v) is 1.92. The summed E-state index contributed by atoms with van der Waals surface area (Å²) < 4.78 is 0. The average molecular weight is 205 g/mol. The van der Waals surface area contributed by atoms with Gasteiger partial charge < -0.3 is 11.5 Å². The van der Waals surface area contributed by atoms with Gasteiger partial charge in [0.1, 0.15) is 0 Å². The lowest BCUT2D eigenvalue weighted by Gasteiger charge is -2.04. The number of aromatic nitrogens is 1. The largest absolute Gasteiger partial charge is 0.399 e. The Kier molecular flexibility index (Phi) is 2.37. The van der Waals surface area contributed by atoms with E-state index in [1.165, 1.54) is 0 Å². The van der Waals surface area contributed by atoms with Gasteiger partial charge in [0.25, 0.3) is 0 Å². The summed E-state index contributed by atoms with van der Waals surface area (Å²) in [5, 5.41) is 3.01. The van der Waals surface area contributed by atoms with Gasteiger partial charge in [0.05, 0.1) is 5.01 Å². The van der Waals surface area contributed by atoms with Gasteiger partial charge in [0, 0.05) is 29.4 Å². The maximum absolute atomic E-state index is 5.83. The third kappa shape index (κ3) is 1.85. The molecule has 0 amide bonds. The monoisotopic (exact) mass is 205 g/mol. The Morgan fingerprint density at radius 2 is 2.14 bits per heavy atom. The molecule has 0 atom stereocenters. The number of nitrogen functional groups attached to an aromatic ring is 2. The molecule has 0 saturated heterocycles. The molecule has 2 aromatic rings. The molecule has 0 fully saturated rings. The van der Waals surface area contributed by atoms with Gasteiger partial charge >= 0.3 is 0 Å². The maximum atomic E-state index is 5.83. The van der Waals surface area contributed by atoms with Crippen molar-refractivity contribution in [2.24, 2.45) is 0 Å². The Morgan fingerprint density at radius 1 is 1.29 bits per heavy atom. The second-order valence-corrected chi connectivity index (χ2v) is 4.04. The molecule has 1 aromatic heterocycles. The van der Waals surface area contributed by atoms with Gasteiger partial charge in [-0.1, -0.05) is 0 Å². The lowest BCUT2D eigenvalue weighted by atomic mass is 10.1. The smallest absolute Gasteiger partial charge is 0.0969 e. The van der Waals surface area contributed by atoms with Crippen molar-refractivity contribution in [3.63, 3.8) is 0 Å². The normalized spacial score (nSPS) is 10.3. The van der Waals surface area contributed by atoms with E-state index in [1.807, 2.05) is 17.5 Å². The first-order valence-electron chi connectivity index (χ1n) is 4.28. The molecule has 4 N–H and O–H groups in total. The molecule has 0 saturated carbocycles. The summed E-state index contributed by atoms with van der Waals surface area (Å²) in [6, 6.07) is 5.54. The molecular formula is C10H11N3S. The van der Waals surface area contributed by atoms with Crippen molar-refractivity contribution >= 4 is 22.7 Å². The zero-order chi connectivity index (χ0) is 9.97. The van der Waals surface area contributed by atoms with Crippen LogP contribution in [0.25, 0.3) is 0 Å². The Bertz CT molecular complexity index is 423. The molecular weight excluding hydrogens is 194 g/mol. The van der Waals surface area contributed by atoms with Gasteiger partial charge in [-0.25, -0.2) is 4.98 Å². The van der Waals surface area contributed by atoms with Crippen LogP contribution in [0.1, 0.15) is 10.6 Å². The van der Waals surface area contributed by atoms with Crippen LogP contribution in [0, 0.1) is 0 Å². The Hall–Kier alpha value is -1.55. The van der Waals surface area contributed by atoms with E-state index < -0.39 is 0 Å². The van der Waals surface area contributed by atoms with E-state index in [1.54, 1.807) is 23.6 Å². The molecule has 0 aliphatic heterocycles. The third-order valence-electron chi connectivity index (χ3n) is 1.99. The van der Waals surface area contributed by atoms with E-state index in [4.69, 9.17) is 11.5 Å². The predicted molar refractivity (Wildman–Crippen MR) is 60.2 cm³/mol. The molecule has 1 heterocycles. The van der Waals surface area contributed by atoms with E-state index >= 15 is 0 Å². The summed E-state index contributed by atoms with van der Waals surface area (Å²) in [7, 11) is 0. The summed E-state index contributed by atoms with van der Waals surface area (Å²) in [6.45, 7) is 0. The minimum absolute atomic E-state index is 0.741. The fourth-order valence-electron chi connectivity index (χ4n) is 1.28. The summed E-state index contributed by atoms with van der Waals surface area (Å²) in [5.41, 5.74) is 14.1. The number of rotatable bonds is 2. The molecule has 14 heavy (non-hydrogen) atoms. The molecule has 2 rings (SSSR count). The number of hydrogen-bond acceptors (Lipinski definition) is 4. The van der Waals surface area contributed by atoms with Crippen LogP contribution in [-0.2, 0) is 6.42 Å². The van der Waals surface area contributed by atoms with E-state index in [9.17, 15) is 0 Å². The average Bonchev–Trinajstić information content (AvgIpc) is 2.64. The van der Waals surface area contributed by atoms with Gasteiger partial charge in [0.2, 0.25) is 0 Å². The van der Waals surface area contributed by atoms with E-state index in [0.717, 1.165) is 28.4 Å². The second-order valence-electron chi connectivity index (χ2n) is 3.06. The zero-order valence-corrected chi connectivity index (χ0v) is 8.42. The van der Waals surface area contributed by atoms with E-state index in [2.05, 4.69) is 4.98 Å². The topological polar surface area (TPSA) is 64.9 Å². The van der Waals surface area contributed by atoms with Crippen LogP contribution in [0.2, 0.25) is 0 Å². The van der Waals surface area contributed by atoms with Crippen LogP contribution in [0.5, 0.6) is 0 Å². The molecule has 0 radical (unpaired) electrons. The molecule has 0 aliphatic rings. The molecule has 0 aliphatic carbocycles. The number of anilines is 2.